The minimum Gasteiger partial charge on any atom is -0.459 e. The minimum absolute atomic E-state index is 0.0317. The van der Waals surface area contributed by atoms with E-state index in [9.17, 15) is 14.4 Å². The molecule has 1 heterocycles. The van der Waals surface area contributed by atoms with Crippen LogP contribution in [0.2, 0.25) is 5.02 Å². The highest BCUT2D eigenvalue weighted by Crippen LogP contribution is 2.26. The average molecular weight is 393 g/mol. The highest BCUT2D eigenvalue weighted by molar-refractivity contribution is 6.34. The Labute approximate surface area is 161 Å². The van der Waals surface area contributed by atoms with Crippen LogP contribution in [0.5, 0.6) is 0 Å². The predicted octanol–water partition coefficient (Wildman–Crippen LogP) is 2.22. The standard InChI is InChI=1S/C18H21ClN4O4/c1-10(2)16(20)18(26)21-9-15(24)22-11-5-6-13(12(19)8-11)23-17(25)14-4-3-7-27-14/h3-8,10,16H,9,20H2,1-2H3,(H,21,26)(H,22,24)(H,23,25)/t16-/m0/s1. The maximum Gasteiger partial charge on any atom is 0.291 e. The highest BCUT2D eigenvalue weighted by Gasteiger charge is 2.18. The van der Waals surface area contributed by atoms with Crippen LogP contribution in [0.15, 0.2) is 41.0 Å². The molecule has 0 saturated carbocycles. The largest absolute Gasteiger partial charge is 0.459 e. The van der Waals surface area contributed by atoms with Crippen LogP contribution in [0.1, 0.15) is 24.4 Å². The molecular formula is C18H21ClN4O4. The number of carbonyl (C=O) groups excluding carboxylic acids is 3. The predicted molar refractivity (Wildman–Crippen MR) is 103 cm³/mol. The molecule has 0 aliphatic heterocycles. The molecule has 0 spiro atoms. The van der Waals surface area contributed by atoms with Crippen LogP contribution in [-0.2, 0) is 9.59 Å². The summed E-state index contributed by atoms with van der Waals surface area (Å²) >= 11 is 6.14. The molecule has 0 fully saturated rings. The summed E-state index contributed by atoms with van der Waals surface area (Å²) in [4.78, 5) is 35.7. The van der Waals surface area contributed by atoms with Gasteiger partial charge < -0.3 is 26.1 Å². The summed E-state index contributed by atoms with van der Waals surface area (Å²) in [5.41, 5.74) is 6.50. The van der Waals surface area contributed by atoms with Gasteiger partial charge in [-0.05, 0) is 36.2 Å². The Balaban J connectivity index is 1.90. The van der Waals surface area contributed by atoms with Crippen molar-refractivity contribution in [3.05, 3.63) is 47.4 Å². The maximum absolute atomic E-state index is 12.0. The molecule has 0 radical (unpaired) electrons. The lowest BCUT2D eigenvalue weighted by atomic mass is 10.1. The van der Waals surface area contributed by atoms with Gasteiger partial charge in [0.15, 0.2) is 5.76 Å². The van der Waals surface area contributed by atoms with E-state index in [1.807, 2.05) is 13.8 Å². The van der Waals surface area contributed by atoms with Crippen molar-refractivity contribution in [2.75, 3.05) is 17.2 Å². The number of nitrogens with two attached hydrogens (primary N) is 1. The topological polar surface area (TPSA) is 126 Å². The first kappa shape index (κ1) is 20.5. The molecule has 9 heteroatoms. The van der Waals surface area contributed by atoms with Gasteiger partial charge in [-0.15, -0.1) is 0 Å². The van der Waals surface area contributed by atoms with Crippen molar-refractivity contribution < 1.29 is 18.8 Å². The summed E-state index contributed by atoms with van der Waals surface area (Å²) in [6.07, 6.45) is 1.39. The van der Waals surface area contributed by atoms with Gasteiger partial charge in [0.1, 0.15) is 0 Å². The summed E-state index contributed by atoms with van der Waals surface area (Å²) in [6, 6.07) is 7.05. The maximum atomic E-state index is 12.0. The van der Waals surface area contributed by atoms with E-state index in [1.54, 1.807) is 18.2 Å². The fourth-order valence-electron chi connectivity index (χ4n) is 2.08. The van der Waals surface area contributed by atoms with Crippen LogP contribution < -0.4 is 21.7 Å². The molecule has 0 saturated heterocycles. The van der Waals surface area contributed by atoms with Gasteiger partial charge in [-0.25, -0.2) is 0 Å². The molecule has 1 atom stereocenters. The van der Waals surface area contributed by atoms with Crippen molar-refractivity contribution in [1.29, 1.82) is 0 Å². The lowest BCUT2D eigenvalue weighted by molar-refractivity contribution is -0.125. The first-order chi connectivity index (χ1) is 12.8. The van der Waals surface area contributed by atoms with Crippen LogP contribution in [-0.4, -0.2) is 30.3 Å². The van der Waals surface area contributed by atoms with Crippen molar-refractivity contribution in [3.63, 3.8) is 0 Å². The van der Waals surface area contributed by atoms with E-state index >= 15 is 0 Å². The quantitative estimate of drug-likeness (QED) is 0.574. The molecule has 1 aromatic heterocycles. The fourth-order valence-corrected chi connectivity index (χ4v) is 2.31. The molecule has 144 valence electrons. The Hall–Kier alpha value is -2.84. The normalized spacial score (nSPS) is 11.7. The van der Waals surface area contributed by atoms with E-state index in [0.29, 0.717) is 11.4 Å². The van der Waals surface area contributed by atoms with E-state index < -0.39 is 23.8 Å². The molecule has 0 aliphatic rings. The summed E-state index contributed by atoms with van der Waals surface area (Å²) in [5.74, 6) is -1.14. The van der Waals surface area contributed by atoms with Crippen LogP contribution in [0.25, 0.3) is 0 Å². The highest BCUT2D eigenvalue weighted by atomic mass is 35.5. The second-order valence-electron chi connectivity index (χ2n) is 6.16. The lowest BCUT2D eigenvalue weighted by Gasteiger charge is -2.15. The molecule has 27 heavy (non-hydrogen) atoms. The van der Waals surface area contributed by atoms with Crippen LogP contribution in [0.3, 0.4) is 0 Å². The summed E-state index contributed by atoms with van der Waals surface area (Å²) in [6.45, 7) is 3.42. The monoisotopic (exact) mass is 392 g/mol. The SMILES string of the molecule is CC(C)[C@H](N)C(=O)NCC(=O)Nc1ccc(NC(=O)c2ccco2)c(Cl)c1. The molecular weight excluding hydrogens is 372 g/mol. The second-order valence-corrected chi connectivity index (χ2v) is 6.57. The van der Waals surface area contributed by atoms with Gasteiger partial charge >= 0.3 is 0 Å². The van der Waals surface area contributed by atoms with E-state index in [4.69, 9.17) is 21.8 Å². The van der Waals surface area contributed by atoms with Crippen molar-refractivity contribution >= 4 is 40.7 Å². The molecule has 2 rings (SSSR count). The van der Waals surface area contributed by atoms with Crippen molar-refractivity contribution in [2.24, 2.45) is 11.7 Å². The fraction of sp³-hybridized carbons (Fsp3) is 0.278. The first-order valence-electron chi connectivity index (χ1n) is 8.25. The zero-order valence-corrected chi connectivity index (χ0v) is 15.7. The van der Waals surface area contributed by atoms with Gasteiger partial charge in [-0.2, -0.15) is 0 Å². The van der Waals surface area contributed by atoms with Gasteiger partial charge in [-0.3, -0.25) is 14.4 Å². The number of amides is 3. The van der Waals surface area contributed by atoms with E-state index in [0.717, 1.165) is 0 Å². The molecule has 5 N–H and O–H groups in total. The smallest absolute Gasteiger partial charge is 0.291 e. The minimum atomic E-state index is -0.677. The van der Waals surface area contributed by atoms with Gasteiger partial charge in [-0.1, -0.05) is 25.4 Å². The van der Waals surface area contributed by atoms with Crippen molar-refractivity contribution in [3.8, 4) is 0 Å². The molecule has 0 bridgehead atoms. The van der Waals surface area contributed by atoms with E-state index in [-0.39, 0.29) is 23.2 Å². The summed E-state index contributed by atoms with van der Waals surface area (Å²) in [7, 11) is 0. The zero-order chi connectivity index (χ0) is 20.0. The third-order valence-corrected chi connectivity index (χ3v) is 4.00. The Bertz CT molecular complexity index is 821. The van der Waals surface area contributed by atoms with Gasteiger partial charge in [0.25, 0.3) is 5.91 Å². The molecule has 2 aromatic rings. The number of benzene rings is 1. The van der Waals surface area contributed by atoms with E-state index in [1.165, 1.54) is 18.4 Å². The number of hydrogen-bond acceptors (Lipinski definition) is 5. The number of rotatable bonds is 7. The Kier molecular flexibility index (Phi) is 6.98. The summed E-state index contributed by atoms with van der Waals surface area (Å²) < 4.78 is 5.01. The van der Waals surface area contributed by atoms with E-state index in [2.05, 4.69) is 16.0 Å². The van der Waals surface area contributed by atoms with Crippen LogP contribution in [0, 0.1) is 5.92 Å². The second kappa shape index (κ2) is 9.20. The average Bonchev–Trinajstić information content (AvgIpc) is 3.16. The third kappa shape index (κ3) is 5.83. The zero-order valence-electron chi connectivity index (χ0n) is 14.9. The number of furan rings is 1. The van der Waals surface area contributed by atoms with Gasteiger partial charge in [0.2, 0.25) is 11.8 Å². The number of anilines is 2. The summed E-state index contributed by atoms with van der Waals surface area (Å²) in [5, 5.41) is 7.92. The number of halogens is 1. The number of nitrogens with one attached hydrogen (secondary N) is 3. The Morgan fingerprint density at radius 1 is 1.19 bits per heavy atom. The lowest BCUT2D eigenvalue weighted by Crippen LogP contribution is -2.46. The molecule has 0 unspecified atom stereocenters. The Morgan fingerprint density at radius 3 is 2.52 bits per heavy atom. The van der Waals surface area contributed by atoms with Gasteiger partial charge in [0, 0.05) is 5.69 Å². The molecule has 0 aliphatic carbocycles. The first-order valence-corrected chi connectivity index (χ1v) is 8.63. The van der Waals surface area contributed by atoms with Gasteiger partial charge in [0.05, 0.1) is 29.6 Å². The molecule has 8 nitrogen and oxygen atoms in total. The molecule has 3 amide bonds. The van der Waals surface area contributed by atoms with Crippen molar-refractivity contribution in [2.45, 2.75) is 19.9 Å². The Morgan fingerprint density at radius 2 is 1.93 bits per heavy atom. The number of carbonyl (C=O) groups is 3. The van der Waals surface area contributed by atoms with Crippen molar-refractivity contribution in [1.82, 2.24) is 5.32 Å². The number of hydrogen-bond donors (Lipinski definition) is 4. The third-order valence-electron chi connectivity index (χ3n) is 3.69. The molecule has 1 aromatic carbocycles. The van der Waals surface area contributed by atoms with Crippen LogP contribution >= 0.6 is 11.6 Å². The van der Waals surface area contributed by atoms with Crippen LogP contribution in [0.4, 0.5) is 11.4 Å².